The maximum atomic E-state index is 10.4. The number of halogens is 2. The van der Waals surface area contributed by atoms with Gasteiger partial charge in [0.2, 0.25) is 0 Å². The normalized spacial score (nSPS) is 8.79. The molecule has 0 aromatic rings. The average molecular weight is 330 g/mol. The zero-order valence-electron chi connectivity index (χ0n) is 8.60. The molecule has 84 valence electrons. The summed E-state index contributed by atoms with van der Waals surface area (Å²) in [7, 11) is 0. The zero-order chi connectivity index (χ0) is 11.2. The van der Waals surface area contributed by atoms with Crippen LogP contribution in [0.1, 0.15) is 39.0 Å². The van der Waals surface area contributed by atoms with Crippen molar-refractivity contribution >= 4 is 43.9 Å². The summed E-state index contributed by atoms with van der Waals surface area (Å²) in [6.07, 6.45) is 5.10. The van der Waals surface area contributed by atoms with Crippen molar-refractivity contribution < 1.29 is 9.59 Å². The van der Waals surface area contributed by atoms with Gasteiger partial charge in [-0.3, -0.25) is 9.59 Å². The van der Waals surface area contributed by atoms with Gasteiger partial charge in [0, 0.05) is 17.1 Å². The van der Waals surface area contributed by atoms with Crippen LogP contribution in [0, 0.1) is 0 Å². The molecule has 0 radical (unpaired) electrons. The Morgan fingerprint density at radius 1 is 1.14 bits per heavy atom. The molecule has 2 nitrogen and oxygen atoms in total. The molecule has 0 fully saturated rings. The highest BCUT2D eigenvalue weighted by Crippen LogP contribution is 2.01. The molecular formula is C10H18Br2O2. The summed E-state index contributed by atoms with van der Waals surface area (Å²) in [6.45, 7) is 2.11. The van der Waals surface area contributed by atoms with Gasteiger partial charge in [-0.2, -0.15) is 0 Å². The topological polar surface area (TPSA) is 34.1 Å². The molecule has 0 aliphatic rings. The van der Waals surface area contributed by atoms with Crippen molar-refractivity contribution in [3.05, 3.63) is 0 Å². The Balaban J connectivity index is 0. The third kappa shape index (κ3) is 18.2. The molecule has 0 aromatic carbocycles. The van der Waals surface area contributed by atoms with E-state index in [9.17, 15) is 9.59 Å². The van der Waals surface area contributed by atoms with E-state index in [2.05, 4.69) is 38.8 Å². The first-order valence-corrected chi connectivity index (χ1v) is 7.07. The second-order valence-electron chi connectivity index (χ2n) is 2.77. The molecular weight excluding hydrogens is 312 g/mol. The minimum atomic E-state index is -0.267. The molecule has 0 bridgehead atoms. The van der Waals surface area contributed by atoms with E-state index in [1.54, 1.807) is 0 Å². The van der Waals surface area contributed by atoms with Crippen LogP contribution in [0.3, 0.4) is 0 Å². The predicted molar refractivity (Wildman–Crippen MR) is 67.4 cm³/mol. The number of aldehydes is 1. The maximum absolute atomic E-state index is 10.4. The Labute approximate surface area is 103 Å². The molecule has 0 N–H and O–H groups in total. The van der Waals surface area contributed by atoms with Crippen molar-refractivity contribution in [3.63, 3.8) is 0 Å². The largest absolute Gasteiger partial charge is 0.295 e. The van der Waals surface area contributed by atoms with Gasteiger partial charge >= 0.3 is 0 Å². The third-order valence-corrected chi connectivity index (χ3v) is 3.34. The summed E-state index contributed by atoms with van der Waals surface area (Å²) in [5, 5.41) is 2.10. The first kappa shape index (κ1) is 16.7. The smallest absolute Gasteiger partial charge is 0.195 e. The van der Waals surface area contributed by atoms with Crippen LogP contribution in [0.25, 0.3) is 0 Å². The lowest BCUT2D eigenvalue weighted by atomic mass is 10.1. The second-order valence-corrected chi connectivity index (χ2v) is 4.36. The lowest BCUT2D eigenvalue weighted by molar-refractivity contribution is -0.129. The molecule has 0 spiro atoms. The van der Waals surface area contributed by atoms with Crippen LogP contribution < -0.4 is 0 Å². The van der Waals surface area contributed by atoms with Crippen molar-refractivity contribution in [1.29, 1.82) is 0 Å². The summed E-state index contributed by atoms with van der Waals surface area (Å²) >= 11 is 6.40. The van der Waals surface area contributed by atoms with E-state index in [0.29, 0.717) is 12.7 Å². The quantitative estimate of drug-likeness (QED) is 0.310. The molecule has 0 aliphatic heterocycles. The molecule has 0 heterocycles. The van der Waals surface area contributed by atoms with Crippen LogP contribution in [0.5, 0.6) is 0 Å². The Morgan fingerprint density at radius 2 is 1.71 bits per heavy atom. The standard InChI is InChI=1S/C8H14O2.C2H4Br2/c1-2-3-4-5-6-8(10)7-9;3-1-2-4/h7H,2-6H2,1H3;1-2H2. The number of carbonyl (C=O) groups excluding carboxylic acids is 2. The highest BCUT2D eigenvalue weighted by Gasteiger charge is 1.96. The van der Waals surface area contributed by atoms with E-state index >= 15 is 0 Å². The van der Waals surface area contributed by atoms with E-state index in [1.807, 2.05) is 0 Å². The Bertz CT molecular complexity index is 136. The Kier molecular flexibility index (Phi) is 18.8. The van der Waals surface area contributed by atoms with Gasteiger partial charge in [0.15, 0.2) is 12.1 Å². The number of carbonyl (C=O) groups is 2. The SMILES string of the molecule is BrCCBr.CCCCCCC(=O)C=O. The molecule has 0 aromatic heterocycles. The number of unbranched alkanes of at least 4 members (excludes halogenated alkanes) is 3. The van der Waals surface area contributed by atoms with Gasteiger partial charge in [0.25, 0.3) is 0 Å². The highest BCUT2D eigenvalue weighted by molar-refractivity contribution is 9.11. The fourth-order valence-electron chi connectivity index (χ4n) is 0.785. The summed E-state index contributed by atoms with van der Waals surface area (Å²) in [4.78, 5) is 20.2. The molecule has 0 atom stereocenters. The van der Waals surface area contributed by atoms with Crippen LogP contribution in [-0.2, 0) is 9.59 Å². The molecule has 14 heavy (non-hydrogen) atoms. The highest BCUT2D eigenvalue weighted by atomic mass is 79.9. The van der Waals surface area contributed by atoms with E-state index < -0.39 is 0 Å². The zero-order valence-corrected chi connectivity index (χ0v) is 11.8. The third-order valence-electron chi connectivity index (χ3n) is 1.48. The fourth-order valence-corrected chi connectivity index (χ4v) is 0.785. The first-order chi connectivity index (χ1) is 6.72. The maximum Gasteiger partial charge on any atom is 0.195 e. The molecule has 0 aliphatic carbocycles. The minimum Gasteiger partial charge on any atom is -0.295 e. The van der Waals surface area contributed by atoms with Crippen LogP contribution in [0.15, 0.2) is 0 Å². The Morgan fingerprint density at radius 3 is 2.07 bits per heavy atom. The van der Waals surface area contributed by atoms with Crippen LogP contribution in [0.2, 0.25) is 0 Å². The van der Waals surface area contributed by atoms with E-state index in [4.69, 9.17) is 0 Å². The van der Waals surface area contributed by atoms with Crippen LogP contribution >= 0.6 is 31.9 Å². The number of hydrogen-bond donors (Lipinski definition) is 0. The lowest BCUT2D eigenvalue weighted by Crippen LogP contribution is -1.97. The van der Waals surface area contributed by atoms with E-state index in [0.717, 1.165) is 36.3 Å². The molecule has 0 rings (SSSR count). The van der Waals surface area contributed by atoms with Crippen molar-refractivity contribution in [2.75, 3.05) is 10.7 Å². The van der Waals surface area contributed by atoms with Crippen LogP contribution in [0.4, 0.5) is 0 Å². The summed E-state index contributed by atoms with van der Waals surface area (Å²) in [6, 6.07) is 0. The number of hydrogen-bond acceptors (Lipinski definition) is 2. The summed E-state index contributed by atoms with van der Waals surface area (Å²) in [5.74, 6) is -0.267. The number of Topliss-reactive ketones (excluding diaryl/α,β-unsaturated/α-hetero) is 1. The number of alkyl halides is 2. The lowest BCUT2D eigenvalue weighted by Gasteiger charge is -1.93. The molecule has 0 amide bonds. The van der Waals surface area contributed by atoms with Gasteiger partial charge < -0.3 is 0 Å². The number of ketones is 1. The van der Waals surface area contributed by atoms with E-state index in [1.165, 1.54) is 0 Å². The van der Waals surface area contributed by atoms with Gasteiger partial charge in [-0.15, -0.1) is 0 Å². The van der Waals surface area contributed by atoms with Crippen LogP contribution in [-0.4, -0.2) is 22.7 Å². The Hall–Kier alpha value is 0.300. The van der Waals surface area contributed by atoms with E-state index in [-0.39, 0.29) is 5.78 Å². The molecule has 0 saturated heterocycles. The van der Waals surface area contributed by atoms with Crippen molar-refractivity contribution in [1.82, 2.24) is 0 Å². The van der Waals surface area contributed by atoms with Crippen molar-refractivity contribution in [2.24, 2.45) is 0 Å². The average Bonchev–Trinajstić information content (AvgIpc) is 2.24. The first-order valence-electron chi connectivity index (χ1n) is 4.82. The van der Waals surface area contributed by atoms with Crippen molar-refractivity contribution in [2.45, 2.75) is 39.0 Å². The van der Waals surface area contributed by atoms with Gasteiger partial charge in [-0.1, -0.05) is 58.0 Å². The summed E-state index contributed by atoms with van der Waals surface area (Å²) < 4.78 is 0. The second kappa shape index (κ2) is 15.8. The fraction of sp³-hybridized carbons (Fsp3) is 0.800. The van der Waals surface area contributed by atoms with Gasteiger partial charge in [-0.05, 0) is 6.42 Å². The van der Waals surface area contributed by atoms with Gasteiger partial charge in [-0.25, -0.2) is 0 Å². The summed E-state index contributed by atoms with van der Waals surface area (Å²) in [5.41, 5.74) is 0. The van der Waals surface area contributed by atoms with Gasteiger partial charge in [0.05, 0.1) is 0 Å². The molecule has 0 saturated carbocycles. The molecule has 4 heteroatoms. The minimum absolute atomic E-state index is 0.267. The monoisotopic (exact) mass is 328 g/mol. The molecule has 0 unspecified atom stereocenters. The predicted octanol–water partition coefficient (Wildman–Crippen LogP) is 3.50. The van der Waals surface area contributed by atoms with Gasteiger partial charge in [0.1, 0.15) is 0 Å². The number of rotatable bonds is 7. The van der Waals surface area contributed by atoms with Crippen molar-refractivity contribution in [3.8, 4) is 0 Å².